The number of hydrogen-bond acceptors (Lipinski definition) is 4. The average Bonchev–Trinajstić information content (AvgIpc) is 2.77. The van der Waals surface area contributed by atoms with E-state index in [2.05, 4.69) is 15.0 Å². The van der Waals surface area contributed by atoms with Crippen LogP contribution in [-0.2, 0) is 24.0 Å². The molecular weight excluding hydrogens is 422 g/mol. The molecule has 0 aliphatic carbocycles. The normalized spacial score (nSPS) is 17.7. The van der Waals surface area contributed by atoms with E-state index in [1.807, 2.05) is 18.2 Å². The molecule has 6 nitrogen and oxygen atoms in total. The first-order valence-corrected chi connectivity index (χ1v) is 10.9. The molecule has 152 valence electrons. The van der Waals surface area contributed by atoms with Crippen molar-refractivity contribution in [1.82, 2.24) is 10.3 Å². The van der Waals surface area contributed by atoms with Crippen LogP contribution in [0.1, 0.15) is 31.8 Å². The van der Waals surface area contributed by atoms with Gasteiger partial charge in [0, 0.05) is 35.1 Å². The maximum atomic E-state index is 13.1. The Morgan fingerprint density at radius 3 is 2.67 bits per heavy atom. The van der Waals surface area contributed by atoms with Crippen LogP contribution in [-0.4, -0.2) is 26.1 Å². The maximum Gasteiger partial charge on any atom is 0.251 e. The summed E-state index contributed by atoms with van der Waals surface area (Å²) >= 11 is 5.91. The van der Waals surface area contributed by atoms with Gasteiger partial charge in [-0.3, -0.25) is 14.6 Å². The molecule has 8 heteroatoms. The third-order valence-corrected chi connectivity index (χ3v) is 6.39. The van der Waals surface area contributed by atoms with E-state index in [0.29, 0.717) is 34.8 Å². The standard InChI is InChI=1S/C22H18ClN3O3S/c23-17-6-3-14(4-7-17)10-20-21(27)18-11-16(5-8-19(18)26-30(20)29)22(28)25-13-15-2-1-9-24-12-15/h1-9,11-12,20,26H,10,13H2,(H,25,28). The molecule has 2 atom stereocenters. The molecule has 0 saturated heterocycles. The summed E-state index contributed by atoms with van der Waals surface area (Å²) in [4.78, 5) is 29.6. The van der Waals surface area contributed by atoms with Crippen LogP contribution >= 0.6 is 11.6 Å². The van der Waals surface area contributed by atoms with Crippen molar-refractivity contribution < 1.29 is 13.8 Å². The highest BCUT2D eigenvalue weighted by Gasteiger charge is 2.34. The van der Waals surface area contributed by atoms with E-state index < -0.39 is 16.2 Å². The van der Waals surface area contributed by atoms with Gasteiger partial charge < -0.3 is 10.0 Å². The molecule has 1 aliphatic heterocycles. The van der Waals surface area contributed by atoms with Gasteiger partial charge in [-0.2, -0.15) is 0 Å². The number of carbonyl (C=O) groups is 2. The van der Waals surface area contributed by atoms with E-state index in [-0.39, 0.29) is 11.7 Å². The number of pyridine rings is 1. The molecular formula is C22H18ClN3O3S. The van der Waals surface area contributed by atoms with E-state index in [1.165, 1.54) is 0 Å². The van der Waals surface area contributed by atoms with Crippen LogP contribution in [0.4, 0.5) is 5.69 Å². The average molecular weight is 440 g/mol. The molecule has 3 aromatic rings. The highest BCUT2D eigenvalue weighted by atomic mass is 35.5. The second-order valence-corrected chi connectivity index (χ2v) is 8.69. The first-order chi connectivity index (χ1) is 14.5. The summed E-state index contributed by atoms with van der Waals surface area (Å²) in [6.45, 7) is 0.333. The highest BCUT2D eigenvalue weighted by Crippen LogP contribution is 2.28. The SMILES string of the molecule is O=C(NCc1cccnc1)c1ccc2c(c1)C(=O)C(Cc1ccc(Cl)cc1)S(=O)N2. The number of anilines is 1. The van der Waals surface area contributed by atoms with Crippen LogP contribution in [0.2, 0.25) is 5.02 Å². The number of amides is 1. The lowest BCUT2D eigenvalue weighted by atomic mass is 9.98. The van der Waals surface area contributed by atoms with Crippen molar-refractivity contribution in [2.45, 2.75) is 18.2 Å². The largest absolute Gasteiger partial charge is 0.348 e. The molecule has 2 heterocycles. The quantitative estimate of drug-likeness (QED) is 0.636. The summed E-state index contributed by atoms with van der Waals surface area (Å²) < 4.78 is 15.5. The number of aromatic nitrogens is 1. The van der Waals surface area contributed by atoms with Crippen LogP contribution in [0, 0.1) is 0 Å². The molecule has 2 N–H and O–H groups in total. The minimum absolute atomic E-state index is 0.251. The van der Waals surface area contributed by atoms with E-state index in [1.54, 1.807) is 48.8 Å². The zero-order chi connectivity index (χ0) is 21.1. The van der Waals surface area contributed by atoms with Gasteiger partial charge in [-0.15, -0.1) is 0 Å². The number of carbonyl (C=O) groups excluding carboxylic acids is 2. The topological polar surface area (TPSA) is 88.2 Å². The lowest BCUT2D eigenvalue weighted by Gasteiger charge is -2.24. The fourth-order valence-corrected chi connectivity index (χ4v) is 4.55. The Labute approximate surface area is 181 Å². The van der Waals surface area contributed by atoms with E-state index in [9.17, 15) is 13.8 Å². The summed E-state index contributed by atoms with van der Waals surface area (Å²) in [6, 6.07) is 15.5. The first kappa shape index (κ1) is 20.3. The van der Waals surface area contributed by atoms with Crippen molar-refractivity contribution in [3.8, 4) is 0 Å². The first-order valence-electron chi connectivity index (χ1n) is 9.28. The molecule has 1 aromatic heterocycles. The predicted octanol–water partition coefficient (Wildman–Crippen LogP) is 3.55. The van der Waals surface area contributed by atoms with E-state index >= 15 is 0 Å². The summed E-state index contributed by atoms with van der Waals surface area (Å²) in [6.07, 6.45) is 3.65. The Morgan fingerprint density at radius 1 is 1.13 bits per heavy atom. The Bertz CT molecular complexity index is 1120. The molecule has 30 heavy (non-hydrogen) atoms. The van der Waals surface area contributed by atoms with Crippen LogP contribution in [0.3, 0.4) is 0 Å². The van der Waals surface area contributed by atoms with Crippen molar-refractivity contribution in [3.63, 3.8) is 0 Å². The van der Waals surface area contributed by atoms with Gasteiger partial charge in [0.1, 0.15) is 16.2 Å². The maximum absolute atomic E-state index is 13.1. The van der Waals surface area contributed by atoms with Crippen LogP contribution in [0.5, 0.6) is 0 Å². The van der Waals surface area contributed by atoms with Gasteiger partial charge in [0.05, 0.1) is 5.69 Å². The molecule has 1 amide bonds. The third-order valence-electron chi connectivity index (χ3n) is 4.82. The highest BCUT2D eigenvalue weighted by molar-refractivity contribution is 7.88. The number of halogens is 1. The summed E-state index contributed by atoms with van der Waals surface area (Å²) in [5.74, 6) is -0.547. The van der Waals surface area contributed by atoms with Gasteiger partial charge in [0.15, 0.2) is 5.78 Å². The van der Waals surface area contributed by atoms with Crippen molar-refractivity contribution in [1.29, 1.82) is 0 Å². The number of nitrogens with zero attached hydrogens (tertiary/aromatic N) is 1. The zero-order valence-corrected chi connectivity index (χ0v) is 17.4. The number of Topliss-reactive ketones (excluding diaryl/α,β-unsaturated/α-hetero) is 1. The Morgan fingerprint density at radius 2 is 1.93 bits per heavy atom. The number of nitrogens with one attached hydrogen (secondary N) is 2. The molecule has 0 bridgehead atoms. The van der Waals surface area contributed by atoms with Gasteiger partial charge in [-0.05, 0) is 53.9 Å². The smallest absolute Gasteiger partial charge is 0.251 e. The minimum Gasteiger partial charge on any atom is -0.348 e. The molecule has 1 aliphatic rings. The van der Waals surface area contributed by atoms with Gasteiger partial charge >= 0.3 is 0 Å². The molecule has 0 radical (unpaired) electrons. The molecule has 0 fully saturated rings. The number of hydrogen-bond donors (Lipinski definition) is 2. The Hall–Kier alpha value is -3.03. The fraction of sp³-hybridized carbons (Fsp3) is 0.136. The van der Waals surface area contributed by atoms with Crippen molar-refractivity contribution in [3.05, 3.63) is 94.3 Å². The molecule has 0 spiro atoms. The van der Waals surface area contributed by atoms with E-state index in [4.69, 9.17) is 11.6 Å². The summed E-state index contributed by atoms with van der Waals surface area (Å²) in [7, 11) is -1.56. The number of rotatable bonds is 5. The number of ketones is 1. The van der Waals surface area contributed by atoms with Crippen LogP contribution < -0.4 is 10.0 Å². The van der Waals surface area contributed by atoms with Crippen LogP contribution in [0.15, 0.2) is 67.0 Å². The van der Waals surface area contributed by atoms with Crippen molar-refractivity contribution >= 4 is 40.0 Å². The van der Waals surface area contributed by atoms with Crippen LogP contribution in [0.25, 0.3) is 0 Å². The summed E-state index contributed by atoms with van der Waals surface area (Å²) in [5, 5.41) is 2.67. The van der Waals surface area contributed by atoms with Crippen molar-refractivity contribution in [2.24, 2.45) is 0 Å². The third kappa shape index (κ3) is 4.42. The zero-order valence-electron chi connectivity index (χ0n) is 15.8. The van der Waals surface area contributed by atoms with Crippen molar-refractivity contribution in [2.75, 3.05) is 4.72 Å². The molecule has 2 aromatic carbocycles. The Kier molecular flexibility index (Phi) is 5.92. The number of fused-ring (bicyclic) bond motifs is 1. The molecule has 2 unspecified atom stereocenters. The minimum atomic E-state index is -1.56. The van der Waals surface area contributed by atoms with Gasteiger partial charge in [0.25, 0.3) is 5.91 Å². The van der Waals surface area contributed by atoms with Gasteiger partial charge in [-0.1, -0.05) is 29.8 Å². The monoisotopic (exact) mass is 439 g/mol. The van der Waals surface area contributed by atoms with E-state index in [0.717, 1.165) is 11.1 Å². The molecule has 0 saturated carbocycles. The second kappa shape index (κ2) is 8.77. The fourth-order valence-electron chi connectivity index (χ4n) is 3.22. The summed E-state index contributed by atoms with van der Waals surface area (Å²) in [5.41, 5.74) is 2.93. The lowest BCUT2D eigenvalue weighted by molar-refractivity contribution is 0.0951. The van der Waals surface area contributed by atoms with Gasteiger partial charge in [0.2, 0.25) is 0 Å². The second-order valence-electron chi connectivity index (χ2n) is 6.89. The number of benzene rings is 2. The Balaban J connectivity index is 1.52. The molecule has 4 rings (SSSR count). The van der Waals surface area contributed by atoms with Gasteiger partial charge in [-0.25, -0.2) is 4.21 Å². The lowest BCUT2D eigenvalue weighted by Crippen LogP contribution is -2.37. The predicted molar refractivity (Wildman–Crippen MR) is 117 cm³/mol.